The molecule has 0 rings (SSSR count). The van der Waals surface area contributed by atoms with Crippen LogP contribution in [0.25, 0.3) is 0 Å². The van der Waals surface area contributed by atoms with Crippen LogP contribution >= 0.6 is 7.82 Å². The maximum atomic E-state index is 12.8. The molecule has 0 bridgehead atoms. The number of unbranched alkanes of at least 4 members (excludes halogenated alkanes) is 23. The Morgan fingerprint density at radius 3 is 1.54 bits per heavy atom. The summed E-state index contributed by atoms with van der Waals surface area (Å²) in [6, 6.07) is -0.837. The summed E-state index contributed by atoms with van der Waals surface area (Å²) in [7, 11) is 1.58. The summed E-state index contributed by atoms with van der Waals surface area (Å²) in [5.41, 5.74) is 0. The van der Waals surface area contributed by atoms with E-state index in [2.05, 4.69) is 19.2 Å². The second kappa shape index (κ2) is 32.2. The number of hydrogen-bond donors (Lipinski definition) is 3. The SMILES string of the molecule is CCCCCCCCCC/C=C/[C@@H](O)[C@H](COP(=O)(O)OCC[N+](C)(C)C)NC(=O)CCCCCCCCCCCCCCCCCC. The Balaban J connectivity index is 4.41. The molecule has 0 aromatic heterocycles. The smallest absolute Gasteiger partial charge is 0.387 e. The van der Waals surface area contributed by atoms with Crippen LogP contribution in [0.4, 0.5) is 0 Å². The van der Waals surface area contributed by atoms with E-state index in [0.717, 1.165) is 38.5 Å². The van der Waals surface area contributed by atoms with Gasteiger partial charge in [0.05, 0.1) is 39.9 Å². The highest BCUT2D eigenvalue weighted by atomic mass is 31.2. The molecule has 286 valence electrons. The average Bonchev–Trinajstić information content (AvgIpc) is 3.02. The number of amides is 1. The number of nitrogens with one attached hydrogen (secondary N) is 1. The fraction of sp³-hybridized carbons (Fsp3) is 0.923. The minimum Gasteiger partial charge on any atom is -0.387 e. The maximum absolute atomic E-state index is 12.8. The second-order valence-electron chi connectivity index (χ2n) is 15.0. The first-order valence-corrected chi connectivity index (χ1v) is 21.6. The number of phosphoric acid groups is 1. The molecular formula is C39H80N2O6P+. The highest BCUT2D eigenvalue weighted by Gasteiger charge is 2.27. The van der Waals surface area contributed by atoms with Crippen molar-refractivity contribution in [2.75, 3.05) is 40.9 Å². The van der Waals surface area contributed by atoms with Gasteiger partial charge < -0.3 is 19.8 Å². The number of nitrogens with zero attached hydrogens (tertiary/aromatic N) is 1. The van der Waals surface area contributed by atoms with Crippen LogP contribution in [0.2, 0.25) is 0 Å². The molecule has 0 aromatic rings. The van der Waals surface area contributed by atoms with Crippen molar-refractivity contribution < 1.29 is 32.9 Å². The van der Waals surface area contributed by atoms with Crippen LogP contribution in [0.1, 0.15) is 181 Å². The van der Waals surface area contributed by atoms with Crippen molar-refractivity contribution in [3.63, 3.8) is 0 Å². The lowest BCUT2D eigenvalue weighted by molar-refractivity contribution is -0.870. The molecule has 1 amide bonds. The van der Waals surface area contributed by atoms with Gasteiger partial charge in [-0.1, -0.05) is 167 Å². The highest BCUT2D eigenvalue weighted by Crippen LogP contribution is 2.43. The standard InChI is InChI=1S/C39H79N2O6P/c1-6-8-10-12-14-16-18-19-20-21-22-23-25-27-29-31-33-39(43)40-37(36-47-48(44,45)46-35-34-41(3,4)5)38(42)32-30-28-26-24-17-15-13-11-9-7-2/h30,32,37-38,42H,6-29,31,33-36H2,1-5H3,(H-,40,43,44,45)/p+1/b32-30+/t37-,38+/m0/s1. The first kappa shape index (κ1) is 47.2. The topological polar surface area (TPSA) is 105 Å². The number of likely N-dealkylation sites (N-methyl/N-ethyl adjacent to an activating group) is 1. The lowest BCUT2D eigenvalue weighted by Crippen LogP contribution is -2.45. The molecule has 0 aliphatic heterocycles. The Morgan fingerprint density at radius 2 is 1.10 bits per heavy atom. The Kier molecular flexibility index (Phi) is 31.7. The molecule has 0 aliphatic rings. The molecule has 0 saturated heterocycles. The molecule has 0 aliphatic carbocycles. The predicted molar refractivity (Wildman–Crippen MR) is 203 cm³/mol. The normalized spacial score (nSPS) is 14.7. The molecule has 8 nitrogen and oxygen atoms in total. The zero-order chi connectivity index (χ0) is 35.8. The summed E-state index contributed by atoms with van der Waals surface area (Å²) in [4.78, 5) is 23.0. The molecule has 0 radical (unpaired) electrons. The maximum Gasteiger partial charge on any atom is 0.472 e. The van der Waals surface area contributed by atoms with Gasteiger partial charge in [0.1, 0.15) is 13.2 Å². The van der Waals surface area contributed by atoms with Crippen molar-refractivity contribution in [3.05, 3.63) is 12.2 Å². The number of allylic oxidation sites excluding steroid dienone is 1. The van der Waals surface area contributed by atoms with E-state index in [0.29, 0.717) is 17.4 Å². The second-order valence-corrected chi connectivity index (χ2v) is 16.5. The summed E-state index contributed by atoms with van der Waals surface area (Å²) in [5.74, 6) is -0.178. The summed E-state index contributed by atoms with van der Waals surface area (Å²) in [6.45, 7) is 4.79. The third-order valence-electron chi connectivity index (χ3n) is 9.01. The van der Waals surface area contributed by atoms with Crippen LogP contribution in [-0.4, -0.2) is 73.4 Å². The Bertz CT molecular complexity index is 804. The van der Waals surface area contributed by atoms with E-state index < -0.39 is 20.0 Å². The number of carbonyl (C=O) groups is 1. The van der Waals surface area contributed by atoms with Crippen LogP contribution in [0.3, 0.4) is 0 Å². The molecule has 9 heteroatoms. The van der Waals surface area contributed by atoms with Crippen LogP contribution in [-0.2, 0) is 18.4 Å². The molecule has 3 N–H and O–H groups in total. The molecule has 0 spiro atoms. The molecule has 0 fully saturated rings. The fourth-order valence-corrected chi connectivity index (χ4v) is 6.48. The van der Waals surface area contributed by atoms with Gasteiger partial charge >= 0.3 is 7.82 Å². The number of carbonyl (C=O) groups excluding carboxylic acids is 1. The van der Waals surface area contributed by atoms with E-state index in [1.165, 1.54) is 122 Å². The zero-order valence-corrected chi connectivity index (χ0v) is 33.1. The quantitative estimate of drug-likeness (QED) is 0.0260. The number of quaternary nitrogens is 1. The Labute approximate surface area is 297 Å². The van der Waals surface area contributed by atoms with Crippen molar-refractivity contribution in [1.29, 1.82) is 0 Å². The van der Waals surface area contributed by atoms with E-state index in [1.807, 2.05) is 27.2 Å². The lowest BCUT2D eigenvalue weighted by Gasteiger charge is -2.25. The number of phosphoric ester groups is 1. The van der Waals surface area contributed by atoms with E-state index >= 15 is 0 Å². The molecule has 0 saturated carbocycles. The van der Waals surface area contributed by atoms with Crippen molar-refractivity contribution in [3.8, 4) is 0 Å². The fourth-order valence-electron chi connectivity index (χ4n) is 5.75. The summed E-state index contributed by atoms with van der Waals surface area (Å²) in [5, 5.41) is 13.7. The molecule has 1 unspecified atom stereocenters. The van der Waals surface area contributed by atoms with Gasteiger partial charge in [-0.2, -0.15) is 0 Å². The summed E-state index contributed by atoms with van der Waals surface area (Å²) >= 11 is 0. The van der Waals surface area contributed by atoms with Crippen LogP contribution < -0.4 is 5.32 Å². The van der Waals surface area contributed by atoms with Crippen LogP contribution in [0, 0.1) is 0 Å². The summed E-state index contributed by atoms with van der Waals surface area (Å²) in [6.07, 6.45) is 34.1. The minimum absolute atomic E-state index is 0.0641. The van der Waals surface area contributed by atoms with E-state index in [9.17, 15) is 19.4 Å². The van der Waals surface area contributed by atoms with Crippen LogP contribution in [0.15, 0.2) is 12.2 Å². The van der Waals surface area contributed by atoms with Gasteiger partial charge in [0, 0.05) is 6.42 Å². The van der Waals surface area contributed by atoms with Crippen LogP contribution in [0.5, 0.6) is 0 Å². The highest BCUT2D eigenvalue weighted by molar-refractivity contribution is 7.47. The molecule has 0 heterocycles. The average molecular weight is 704 g/mol. The van der Waals surface area contributed by atoms with E-state index in [4.69, 9.17) is 9.05 Å². The molecule has 0 aromatic carbocycles. The van der Waals surface area contributed by atoms with Crippen molar-refractivity contribution in [2.24, 2.45) is 0 Å². The van der Waals surface area contributed by atoms with E-state index in [-0.39, 0.29) is 19.1 Å². The zero-order valence-electron chi connectivity index (χ0n) is 32.2. The summed E-state index contributed by atoms with van der Waals surface area (Å²) < 4.78 is 23.4. The van der Waals surface area contributed by atoms with Crippen molar-refractivity contribution in [2.45, 2.75) is 193 Å². The lowest BCUT2D eigenvalue weighted by atomic mass is 10.0. The number of rotatable bonds is 36. The largest absolute Gasteiger partial charge is 0.472 e. The van der Waals surface area contributed by atoms with Gasteiger partial charge in [0.2, 0.25) is 5.91 Å². The minimum atomic E-state index is -4.32. The third-order valence-corrected chi connectivity index (χ3v) is 9.99. The first-order chi connectivity index (χ1) is 23.0. The monoisotopic (exact) mass is 704 g/mol. The number of hydrogen-bond acceptors (Lipinski definition) is 5. The van der Waals surface area contributed by atoms with Crippen molar-refractivity contribution >= 4 is 13.7 Å². The van der Waals surface area contributed by atoms with Gasteiger partial charge in [-0.05, 0) is 19.3 Å². The first-order valence-electron chi connectivity index (χ1n) is 20.1. The van der Waals surface area contributed by atoms with Gasteiger partial charge in [-0.15, -0.1) is 0 Å². The van der Waals surface area contributed by atoms with Gasteiger partial charge in [0.15, 0.2) is 0 Å². The van der Waals surface area contributed by atoms with E-state index in [1.54, 1.807) is 6.08 Å². The molecular weight excluding hydrogens is 623 g/mol. The third kappa shape index (κ3) is 33.7. The van der Waals surface area contributed by atoms with Gasteiger partial charge in [-0.25, -0.2) is 4.57 Å². The Morgan fingerprint density at radius 1 is 0.688 bits per heavy atom. The van der Waals surface area contributed by atoms with Gasteiger partial charge in [0.25, 0.3) is 0 Å². The molecule has 3 atom stereocenters. The predicted octanol–water partition coefficient (Wildman–Crippen LogP) is 10.4. The van der Waals surface area contributed by atoms with Gasteiger partial charge in [-0.3, -0.25) is 13.8 Å². The van der Waals surface area contributed by atoms with Crippen molar-refractivity contribution in [1.82, 2.24) is 5.32 Å². The molecule has 48 heavy (non-hydrogen) atoms. The number of aliphatic hydroxyl groups excluding tert-OH is 1. The number of aliphatic hydroxyl groups is 1. The Hall–Kier alpha value is -0.760.